The third-order valence-electron chi connectivity index (χ3n) is 1.85. The van der Waals surface area contributed by atoms with Gasteiger partial charge in [0.15, 0.2) is 17.4 Å². The summed E-state index contributed by atoms with van der Waals surface area (Å²) in [6.07, 6.45) is 1.15. The molecule has 2 N–H and O–H groups in total. The Morgan fingerprint density at radius 1 is 1.07 bits per heavy atom. The number of nitrogen functional groups attached to an aromatic ring is 1. The molecule has 3 nitrogen and oxygen atoms in total. The summed E-state index contributed by atoms with van der Waals surface area (Å²) < 4.78 is 43.3. The molecular formula is C9H5F3N2O. The molecule has 2 rings (SSSR count). The van der Waals surface area contributed by atoms with Crippen LogP contribution in [-0.2, 0) is 0 Å². The summed E-state index contributed by atoms with van der Waals surface area (Å²) in [7, 11) is 0. The number of nitrogens with zero attached hydrogens (tertiary/aromatic N) is 1. The van der Waals surface area contributed by atoms with Crippen molar-refractivity contribution in [2.75, 3.05) is 5.73 Å². The van der Waals surface area contributed by atoms with E-state index < -0.39 is 17.5 Å². The Morgan fingerprint density at radius 2 is 1.73 bits per heavy atom. The van der Waals surface area contributed by atoms with Crippen molar-refractivity contribution in [3.8, 4) is 11.3 Å². The third kappa shape index (κ3) is 1.54. The maximum Gasteiger partial charge on any atom is 0.192 e. The van der Waals surface area contributed by atoms with Gasteiger partial charge in [-0.25, -0.2) is 13.2 Å². The largest absolute Gasteiger partial charge is 0.394 e. The second-order valence-electron chi connectivity index (χ2n) is 2.86. The molecule has 0 amide bonds. The minimum absolute atomic E-state index is 0.0555. The molecule has 1 aromatic carbocycles. The van der Waals surface area contributed by atoms with Crippen molar-refractivity contribution in [1.82, 2.24) is 5.16 Å². The fraction of sp³-hybridized carbons (Fsp3) is 0. The molecule has 78 valence electrons. The van der Waals surface area contributed by atoms with E-state index in [1.807, 2.05) is 0 Å². The first-order chi connectivity index (χ1) is 7.09. The van der Waals surface area contributed by atoms with Crippen LogP contribution in [0.25, 0.3) is 11.3 Å². The number of nitrogens with two attached hydrogens (primary N) is 1. The Bertz CT molecular complexity index is 510. The molecule has 1 aromatic heterocycles. The van der Waals surface area contributed by atoms with Crippen LogP contribution < -0.4 is 5.73 Å². The van der Waals surface area contributed by atoms with E-state index in [4.69, 9.17) is 5.73 Å². The van der Waals surface area contributed by atoms with Crippen molar-refractivity contribution in [3.05, 3.63) is 35.8 Å². The lowest BCUT2D eigenvalue weighted by molar-refractivity contribution is 0.428. The van der Waals surface area contributed by atoms with E-state index >= 15 is 0 Å². The Hall–Kier alpha value is -1.98. The average Bonchev–Trinajstić information content (AvgIpc) is 2.58. The average molecular weight is 214 g/mol. The summed E-state index contributed by atoms with van der Waals surface area (Å²) in [5.41, 5.74) is 5.19. The van der Waals surface area contributed by atoms with Crippen molar-refractivity contribution in [2.45, 2.75) is 0 Å². The van der Waals surface area contributed by atoms with E-state index in [-0.39, 0.29) is 17.0 Å². The van der Waals surface area contributed by atoms with Crippen molar-refractivity contribution >= 4 is 5.69 Å². The van der Waals surface area contributed by atoms with Crippen LogP contribution in [0.1, 0.15) is 0 Å². The summed E-state index contributed by atoms with van der Waals surface area (Å²) >= 11 is 0. The zero-order chi connectivity index (χ0) is 11.0. The van der Waals surface area contributed by atoms with Gasteiger partial charge in [0.05, 0.1) is 11.8 Å². The van der Waals surface area contributed by atoms with E-state index in [2.05, 4.69) is 9.68 Å². The van der Waals surface area contributed by atoms with Gasteiger partial charge in [-0.1, -0.05) is 5.16 Å². The normalized spacial score (nSPS) is 10.6. The van der Waals surface area contributed by atoms with Gasteiger partial charge in [0.25, 0.3) is 0 Å². The molecule has 0 spiro atoms. The van der Waals surface area contributed by atoms with Gasteiger partial charge in [0.1, 0.15) is 11.5 Å². The van der Waals surface area contributed by atoms with Gasteiger partial charge in [0, 0.05) is 6.07 Å². The molecule has 2 aromatic rings. The smallest absolute Gasteiger partial charge is 0.192 e. The van der Waals surface area contributed by atoms with Crippen LogP contribution in [-0.4, -0.2) is 5.16 Å². The maximum atomic E-state index is 13.2. The molecule has 0 aliphatic heterocycles. The molecule has 0 unspecified atom stereocenters. The highest BCUT2D eigenvalue weighted by Gasteiger charge is 2.16. The van der Waals surface area contributed by atoms with E-state index in [1.54, 1.807) is 0 Å². The van der Waals surface area contributed by atoms with Crippen molar-refractivity contribution in [3.63, 3.8) is 0 Å². The molecule has 0 aliphatic carbocycles. The molecule has 6 heteroatoms. The fourth-order valence-corrected chi connectivity index (χ4v) is 1.15. The topological polar surface area (TPSA) is 52.0 Å². The minimum atomic E-state index is -1.27. The van der Waals surface area contributed by atoms with Gasteiger partial charge in [-0.15, -0.1) is 0 Å². The lowest BCUT2D eigenvalue weighted by Gasteiger charge is -2.00. The molecule has 0 saturated heterocycles. The van der Waals surface area contributed by atoms with E-state index in [0.29, 0.717) is 12.1 Å². The first kappa shape index (κ1) is 9.57. The molecule has 0 atom stereocenters. The van der Waals surface area contributed by atoms with Gasteiger partial charge >= 0.3 is 0 Å². The SMILES string of the molecule is Nc1cnoc1-c1cc(F)c(F)cc1F. The van der Waals surface area contributed by atoms with Crippen molar-refractivity contribution in [1.29, 1.82) is 0 Å². The molecule has 1 heterocycles. The van der Waals surface area contributed by atoms with Gasteiger partial charge in [-0.05, 0) is 6.07 Å². The fourth-order valence-electron chi connectivity index (χ4n) is 1.15. The minimum Gasteiger partial charge on any atom is -0.394 e. The van der Waals surface area contributed by atoms with Crippen LogP contribution in [0.15, 0.2) is 22.9 Å². The first-order valence-corrected chi connectivity index (χ1v) is 3.94. The number of halogens is 3. The van der Waals surface area contributed by atoms with Crippen LogP contribution in [0.2, 0.25) is 0 Å². The summed E-state index contributed by atoms with van der Waals surface area (Å²) in [5, 5.41) is 3.31. The Labute approximate surface area is 82.3 Å². The van der Waals surface area contributed by atoms with E-state index in [9.17, 15) is 13.2 Å². The van der Waals surface area contributed by atoms with Gasteiger partial charge < -0.3 is 10.3 Å². The first-order valence-electron chi connectivity index (χ1n) is 3.94. The van der Waals surface area contributed by atoms with Crippen LogP contribution >= 0.6 is 0 Å². The molecule has 0 aliphatic rings. The van der Waals surface area contributed by atoms with Gasteiger partial charge in [-0.2, -0.15) is 0 Å². The highest BCUT2D eigenvalue weighted by Crippen LogP contribution is 2.29. The number of hydrogen-bond donors (Lipinski definition) is 1. The highest BCUT2D eigenvalue weighted by atomic mass is 19.2. The number of aromatic nitrogens is 1. The Kier molecular flexibility index (Phi) is 2.11. The van der Waals surface area contributed by atoms with Crippen LogP contribution in [0.3, 0.4) is 0 Å². The summed E-state index contributed by atoms with van der Waals surface area (Å²) in [4.78, 5) is 0. The Balaban J connectivity index is 2.64. The van der Waals surface area contributed by atoms with Gasteiger partial charge in [0.2, 0.25) is 0 Å². The predicted octanol–water partition coefficient (Wildman–Crippen LogP) is 2.34. The van der Waals surface area contributed by atoms with Crippen LogP contribution in [0, 0.1) is 17.5 Å². The maximum absolute atomic E-state index is 13.2. The molecule has 15 heavy (non-hydrogen) atoms. The number of anilines is 1. The number of rotatable bonds is 1. The van der Waals surface area contributed by atoms with E-state index in [0.717, 1.165) is 6.20 Å². The lowest BCUT2D eigenvalue weighted by atomic mass is 10.1. The third-order valence-corrected chi connectivity index (χ3v) is 1.85. The summed E-state index contributed by atoms with van der Waals surface area (Å²) in [6.45, 7) is 0. The molecular weight excluding hydrogens is 209 g/mol. The quantitative estimate of drug-likeness (QED) is 0.741. The Morgan fingerprint density at radius 3 is 2.33 bits per heavy atom. The van der Waals surface area contributed by atoms with Crippen molar-refractivity contribution in [2.24, 2.45) is 0 Å². The van der Waals surface area contributed by atoms with Crippen LogP contribution in [0.4, 0.5) is 18.9 Å². The lowest BCUT2D eigenvalue weighted by Crippen LogP contribution is -1.92. The molecule has 0 fully saturated rings. The van der Waals surface area contributed by atoms with Gasteiger partial charge in [-0.3, -0.25) is 0 Å². The van der Waals surface area contributed by atoms with Crippen LogP contribution in [0.5, 0.6) is 0 Å². The predicted molar refractivity (Wildman–Crippen MR) is 46.2 cm³/mol. The summed E-state index contributed by atoms with van der Waals surface area (Å²) in [5.74, 6) is -3.53. The highest BCUT2D eigenvalue weighted by molar-refractivity contribution is 5.70. The molecule has 0 saturated carbocycles. The zero-order valence-electron chi connectivity index (χ0n) is 7.30. The molecule has 0 radical (unpaired) electrons. The second-order valence-corrected chi connectivity index (χ2v) is 2.86. The number of hydrogen-bond acceptors (Lipinski definition) is 3. The number of benzene rings is 1. The summed E-state index contributed by atoms with van der Waals surface area (Å²) in [6, 6.07) is 1.09. The second kappa shape index (κ2) is 3.30. The van der Waals surface area contributed by atoms with E-state index in [1.165, 1.54) is 0 Å². The zero-order valence-corrected chi connectivity index (χ0v) is 7.30. The molecule has 0 bridgehead atoms. The standard InChI is InChI=1S/C9H5F3N2O/c10-5-2-7(12)6(11)1-4(5)9-8(13)3-14-15-9/h1-3H,13H2. The monoisotopic (exact) mass is 214 g/mol. The van der Waals surface area contributed by atoms with Crippen molar-refractivity contribution < 1.29 is 17.7 Å².